The number of benzene rings is 2. The molecule has 1 aliphatic heterocycles. The summed E-state index contributed by atoms with van der Waals surface area (Å²) in [7, 11) is 0. The summed E-state index contributed by atoms with van der Waals surface area (Å²) >= 11 is 0. The maximum atomic E-state index is 12.9. The first-order valence-corrected chi connectivity index (χ1v) is 9.79. The molecule has 0 spiro atoms. The Bertz CT molecular complexity index is 1190. The smallest absolute Gasteiger partial charge is 0.262 e. The Labute approximate surface area is 171 Å². The molecule has 0 saturated heterocycles. The fraction of sp³-hybridized carbons (Fsp3) is 0.217. The third-order valence-electron chi connectivity index (χ3n) is 5.61. The van der Waals surface area contributed by atoms with Crippen molar-refractivity contribution >= 4 is 40.0 Å². The maximum absolute atomic E-state index is 12.9. The molecular weight excluding hydrogens is 384 g/mol. The number of nitrogens with zero attached hydrogens (tertiary/aromatic N) is 1. The van der Waals surface area contributed by atoms with E-state index < -0.39 is 17.9 Å². The molecule has 2 heterocycles. The molecule has 1 N–H and O–H groups in total. The van der Waals surface area contributed by atoms with Gasteiger partial charge in [0.1, 0.15) is 17.1 Å². The average molecular weight is 402 g/mol. The molecule has 30 heavy (non-hydrogen) atoms. The largest absolute Gasteiger partial charge is 0.459 e. The summed E-state index contributed by atoms with van der Waals surface area (Å²) in [5.74, 6) is -0.742. The van der Waals surface area contributed by atoms with Crippen molar-refractivity contribution in [3.8, 4) is 0 Å². The van der Waals surface area contributed by atoms with Gasteiger partial charge in [-0.3, -0.25) is 24.1 Å². The van der Waals surface area contributed by atoms with Crippen LogP contribution >= 0.6 is 0 Å². The number of ketones is 2. The number of carbonyl (C=O) groups is 4. The number of para-hydroxylation sites is 1. The Kier molecular flexibility index (Phi) is 4.24. The lowest BCUT2D eigenvalue weighted by molar-refractivity contribution is -0.132. The minimum atomic E-state index is -0.859. The van der Waals surface area contributed by atoms with Gasteiger partial charge < -0.3 is 9.73 Å². The molecule has 1 aliphatic carbocycles. The van der Waals surface area contributed by atoms with Gasteiger partial charge in [-0.05, 0) is 36.8 Å². The SMILES string of the molecule is O=C1CCC(N2C(=O)c3ccc(NCc4cc5ccccc5o4)cc3C2=O)C(=O)C1. The molecule has 150 valence electrons. The molecule has 7 nitrogen and oxygen atoms in total. The molecule has 0 bridgehead atoms. The molecule has 2 amide bonds. The quantitative estimate of drug-likeness (QED) is 0.531. The zero-order chi connectivity index (χ0) is 20.8. The Morgan fingerprint density at radius 2 is 1.77 bits per heavy atom. The molecular formula is C23H18N2O5. The van der Waals surface area contributed by atoms with Crippen LogP contribution in [0.2, 0.25) is 0 Å². The second-order valence-electron chi connectivity index (χ2n) is 7.58. The number of fused-ring (bicyclic) bond motifs is 2. The number of nitrogens with one attached hydrogen (secondary N) is 1. The normalized spacial score (nSPS) is 18.9. The highest BCUT2D eigenvalue weighted by molar-refractivity contribution is 6.24. The second-order valence-corrected chi connectivity index (χ2v) is 7.58. The van der Waals surface area contributed by atoms with Crippen LogP contribution in [0, 0.1) is 0 Å². The second kappa shape index (κ2) is 6.95. The minimum absolute atomic E-state index is 0.148. The first-order chi connectivity index (χ1) is 14.5. The minimum Gasteiger partial charge on any atom is -0.459 e. The first kappa shape index (κ1) is 18.3. The third-order valence-corrected chi connectivity index (χ3v) is 5.61. The van der Waals surface area contributed by atoms with Gasteiger partial charge in [-0.1, -0.05) is 18.2 Å². The number of hydrogen-bond acceptors (Lipinski definition) is 6. The van der Waals surface area contributed by atoms with Crippen LogP contribution in [0.15, 0.2) is 52.9 Å². The van der Waals surface area contributed by atoms with E-state index in [0.29, 0.717) is 12.2 Å². The van der Waals surface area contributed by atoms with Crippen LogP contribution in [0.4, 0.5) is 5.69 Å². The van der Waals surface area contributed by atoms with E-state index in [2.05, 4.69) is 5.32 Å². The number of rotatable bonds is 4. The van der Waals surface area contributed by atoms with E-state index in [4.69, 9.17) is 4.42 Å². The summed E-state index contributed by atoms with van der Waals surface area (Å²) in [5.41, 5.74) is 2.01. The molecule has 1 aromatic heterocycles. The fourth-order valence-corrected chi connectivity index (χ4v) is 4.10. The number of hydrogen-bond donors (Lipinski definition) is 1. The summed E-state index contributed by atoms with van der Waals surface area (Å²) in [6.07, 6.45) is 0.177. The van der Waals surface area contributed by atoms with Crippen LogP contribution in [-0.4, -0.2) is 34.3 Å². The van der Waals surface area contributed by atoms with Crippen molar-refractivity contribution in [1.82, 2.24) is 4.90 Å². The predicted molar refractivity (Wildman–Crippen MR) is 108 cm³/mol. The molecule has 1 unspecified atom stereocenters. The molecule has 3 aromatic rings. The van der Waals surface area contributed by atoms with E-state index in [1.54, 1.807) is 18.2 Å². The van der Waals surface area contributed by atoms with Crippen molar-refractivity contribution in [2.24, 2.45) is 0 Å². The summed E-state index contributed by atoms with van der Waals surface area (Å²) in [4.78, 5) is 50.4. The first-order valence-electron chi connectivity index (χ1n) is 9.79. The summed E-state index contributed by atoms with van der Waals surface area (Å²) in [6.45, 7) is 0.419. The number of furan rings is 1. The number of imide groups is 1. The Balaban J connectivity index is 1.35. The lowest BCUT2D eigenvalue weighted by Gasteiger charge is -2.27. The van der Waals surface area contributed by atoms with Crippen LogP contribution in [0.3, 0.4) is 0 Å². The van der Waals surface area contributed by atoms with Gasteiger partial charge in [-0.2, -0.15) is 0 Å². The van der Waals surface area contributed by atoms with Crippen molar-refractivity contribution in [3.05, 3.63) is 65.4 Å². The van der Waals surface area contributed by atoms with Crippen LogP contribution in [0.5, 0.6) is 0 Å². The van der Waals surface area contributed by atoms with Crippen LogP contribution < -0.4 is 5.32 Å². The Morgan fingerprint density at radius 3 is 2.57 bits per heavy atom. The lowest BCUT2D eigenvalue weighted by Crippen LogP contribution is -2.47. The van der Waals surface area contributed by atoms with Crippen molar-refractivity contribution in [2.75, 3.05) is 5.32 Å². The molecule has 2 aromatic carbocycles. The highest BCUT2D eigenvalue weighted by Gasteiger charge is 2.44. The highest BCUT2D eigenvalue weighted by Crippen LogP contribution is 2.31. The Hall–Kier alpha value is -3.74. The van der Waals surface area contributed by atoms with Crippen molar-refractivity contribution in [1.29, 1.82) is 0 Å². The molecule has 1 saturated carbocycles. The molecule has 1 fully saturated rings. The Morgan fingerprint density at radius 1 is 0.967 bits per heavy atom. The van der Waals surface area contributed by atoms with Gasteiger partial charge >= 0.3 is 0 Å². The average Bonchev–Trinajstić information content (AvgIpc) is 3.26. The van der Waals surface area contributed by atoms with Crippen LogP contribution in [0.1, 0.15) is 45.7 Å². The lowest BCUT2D eigenvalue weighted by atomic mass is 9.92. The zero-order valence-electron chi connectivity index (χ0n) is 16.0. The van der Waals surface area contributed by atoms with Gasteiger partial charge in [-0.25, -0.2) is 0 Å². The maximum Gasteiger partial charge on any atom is 0.262 e. The third kappa shape index (κ3) is 2.99. The van der Waals surface area contributed by atoms with E-state index in [0.717, 1.165) is 21.6 Å². The zero-order valence-corrected chi connectivity index (χ0v) is 16.0. The van der Waals surface area contributed by atoms with Gasteiger partial charge in [0.15, 0.2) is 5.78 Å². The van der Waals surface area contributed by atoms with Gasteiger partial charge in [0, 0.05) is 17.5 Å². The number of Topliss-reactive ketones (excluding diaryl/α,β-unsaturated/α-hetero) is 2. The van der Waals surface area contributed by atoms with Gasteiger partial charge in [0.2, 0.25) is 0 Å². The summed E-state index contributed by atoms with van der Waals surface area (Å²) < 4.78 is 5.78. The van der Waals surface area contributed by atoms with Gasteiger partial charge in [-0.15, -0.1) is 0 Å². The number of amides is 2. The number of anilines is 1. The van der Waals surface area contributed by atoms with Crippen LogP contribution in [0.25, 0.3) is 11.0 Å². The molecule has 2 aliphatic rings. The predicted octanol–water partition coefficient (Wildman–Crippen LogP) is 3.33. The highest BCUT2D eigenvalue weighted by atomic mass is 16.3. The van der Waals surface area contributed by atoms with Crippen molar-refractivity contribution < 1.29 is 23.6 Å². The van der Waals surface area contributed by atoms with Gasteiger partial charge in [0.05, 0.1) is 30.1 Å². The molecule has 0 radical (unpaired) electrons. The van der Waals surface area contributed by atoms with Crippen LogP contribution in [-0.2, 0) is 16.1 Å². The molecule has 7 heteroatoms. The summed E-state index contributed by atoms with van der Waals surface area (Å²) in [6, 6.07) is 13.7. The number of carbonyl (C=O) groups excluding carboxylic acids is 4. The topological polar surface area (TPSA) is 96.7 Å². The summed E-state index contributed by atoms with van der Waals surface area (Å²) in [5, 5.41) is 4.22. The molecule has 1 atom stereocenters. The van der Waals surface area contributed by atoms with E-state index in [1.165, 1.54) is 0 Å². The fourth-order valence-electron chi connectivity index (χ4n) is 4.10. The van der Waals surface area contributed by atoms with Crippen molar-refractivity contribution in [2.45, 2.75) is 31.8 Å². The van der Waals surface area contributed by atoms with E-state index >= 15 is 0 Å². The molecule has 5 rings (SSSR count). The monoisotopic (exact) mass is 402 g/mol. The van der Waals surface area contributed by atoms with E-state index in [9.17, 15) is 19.2 Å². The van der Waals surface area contributed by atoms with Gasteiger partial charge in [0.25, 0.3) is 11.8 Å². The van der Waals surface area contributed by atoms with E-state index in [-0.39, 0.29) is 42.0 Å². The standard InChI is InChI=1S/C23H18N2O5/c26-15-6-8-19(20(27)11-15)25-22(28)17-7-5-14(10-18(17)23(25)29)24-12-16-9-13-3-1-2-4-21(13)30-16/h1-5,7,9-10,19,24H,6,8,11-12H2. The van der Waals surface area contributed by atoms with E-state index in [1.807, 2.05) is 30.3 Å². The van der Waals surface area contributed by atoms with Crippen molar-refractivity contribution in [3.63, 3.8) is 0 Å².